The fourth-order valence-corrected chi connectivity index (χ4v) is 4.69. The van der Waals surface area contributed by atoms with Crippen LogP contribution in [0.1, 0.15) is 57.4 Å². The molecule has 3 aliphatic rings. The van der Waals surface area contributed by atoms with Crippen LogP contribution in [0.2, 0.25) is 0 Å². The van der Waals surface area contributed by atoms with Crippen molar-refractivity contribution in [2.75, 3.05) is 26.3 Å². The van der Waals surface area contributed by atoms with Gasteiger partial charge in [-0.2, -0.15) is 0 Å². The van der Waals surface area contributed by atoms with Crippen molar-refractivity contribution in [3.05, 3.63) is 29.3 Å². The number of carbonyl (C=O) groups is 2. The van der Waals surface area contributed by atoms with Gasteiger partial charge < -0.3 is 19.7 Å². The lowest BCUT2D eigenvalue weighted by molar-refractivity contribution is -0.129. The summed E-state index contributed by atoms with van der Waals surface area (Å²) < 4.78 is 11.5. The Hall–Kier alpha value is -2.50. The molecule has 1 aromatic carbocycles. The Bertz CT molecular complexity index is 805. The smallest absolute Gasteiger partial charge is 0.253 e. The fraction of sp³-hybridized carbons (Fsp3) is 0.583. The molecule has 1 N–H and O–H groups in total. The molecule has 0 bridgehead atoms. The van der Waals surface area contributed by atoms with Crippen molar-refractivity contribution in [2.45, 2.75) is 57.9 Å². The first-order valence-corrected chi connectivity index (χ1v) is 11.3. The van der Waals surface area contributed by atoms with E-state index in [1.165, 1.54) is 6.42 Å². The molecule has 0 spiro atoms. The number of hydrogen-bond acceptors (Lipinski definition) is 4. The summed E-state index contributed by atoms with van der Waals surface area (Å²) in [5.41, 5.74) is 1.55. The highest BCUT2D eigenvalue weighted by molar-refractivity contribution is 5.99. The molecule has 162 valence electrons. The highest BCUT2D eigenvalue weighted by Gasteiger charge is 2.29. The van der Waals surface area contributed by atoms with Gasteiger partial charge in [-0.1, -0.05) is 31.4 Å². The van der Waals surface area contributed by atoms with E-state index in [1.807, 2.05) is 36.1 Å². The van der Waals surface area contributed by atoms with Crippen molar-refractivity contribution >= 4 is 17.9 Å². The van der Waals surface area contributed by atoms with Gasteiger partial charge in [-0.05, 0) is 44.7 Å². The van der Waals surface area contributed by atoms with Crippen LogP contribution >= 0.6 is 0 Å². The minimum atomic E-state index is 0.0273. The third-order valence-corrected chi connectivity index (χ3v) is 6.39. The van der Waals surface area contributed by atoms with E-state index >= 15 is 0 Å². The summed E-state index contributed by atoms with van der Waals surface area (Å²) in [7, 11) is 0. The number of nitrogens with zero attached hydrogens (tertiary/aromatic N) is 1. The highest BCUT2D eigenvalue weighted by Crippen LogP contribution is 2.36. The zero-order chi connectivity index (χ0) is 20.9. The maximum atomic E-state index is 13.0. The number of nitrogens with one attached hydrogen (secondary N) is 1. The second kappa shape index (κ2) is 9.54. The maximum Gasteiger partial charge on any atom is 0.253 e. The molecule has 1 saturated heterocycles. The molecule has 0 aromatic heterocycles. The van der Waals surface area contributed by atoms with E-state index in [4.69, 9.17) is 9.47 Å². The van der Waals surface area contributed by atoms with Crippen molar-refractivity contribution in [1.82, 2.24) is 10.2 Å². The lowest BCUT2D eigenvalue weighted by Crippen LogP contribution is -2.48. The van der Waals surface area contributed by atoms with E-state index in [1.54, 1.807) is 0 Å². The average molecular weight is 413 g/mol. The Balaban J connectivity index is 1.32. The van der Waals surface area contributed by atoms with Gasteiger partial charge in [-0.25, -0.2) is 0 Å². The first kappa shape index (κ1) is 20.8. The summed E-state index contributed by atoms with van der Waals surface area (Å²) in [5, 5.41) is 3.23. The summed E-state index contributed by atoms with van der Waals surface area (Å²) in [6.45, 7) is 4.10. The number of fused-ring (bicyclic) bond motifs is 1. The highest BCUT2D eigenvalue weighted by atomic mass is 16.5. The van der Waals surface area contributed by atoms with Gasteiger partial charge in [0.1, 0.15) is 6.61 Å². The largest absolute Gasteiger partial charge is 0.490 e. The molecule has 1 aliphatic carbocycles. The Morgan fingerprint density at radius 3 is 2.63 bits per heavy atom. The molecule has 4 rings (SSSR count). The quantitative estimate of drug-likeness (QED) is 0.803. The summed E-state index contributed by atoms with van der Waals surface area (Å²) in [5.74, 6) is 1.85. The van der Waals surface area contributed by atoms with E-state index in [0.717, 1.165) is 44.1 Å². The molecule has 0 atom stereocenters. The SMILES string of the molecule is CCOc1cccc2c1OCC(C(=O)N1CCC(NC(=O)C3CCCCC3)CC1)=C2. The summed E-state index contributed by atoms with van der Waals surface area (Å²) in [6, 6.07) is 5.92. The molecule has 6 nitrogen and oxygen atoms in total. The monoisotopic (exact) mass is 412 g/mol. The number of piperidine rings is 1. The number of likely N-dealkylation sites (tertiary alicyclic amines) is 1. The van der Waals surface area contributed by atoms with E-state index in [9.17, 15) is 9.59 Å². The Morgan fingerprint density at radius 2 is 1.90 bits per heavy atom. The van der Waals surface area contributed by atoms with E-state index in [2.05, 4.69) is 5.32 Å². The standard InChI is InChI=1S/C24H32N2O4/c1-2-29-21-10-6-9-18-15-19(16-30-22(18)21)24(28)26-13-11-20(12-14-26)25-23(27)17-7-4-3-5-8-17/h6,9-10,15,17,20H,2-5,7-8,11-14,16H2,1H3,(H,25,27). The molecule has 1 saturated carbocycles. The van der Waals surface area contributed by atoms with Crippen LogP contribution in [0.25, 0.3) is 6.08 Å². The minimum absolute atomic E-state index is 0.0273. The normalized spacial score (nSPS) is 20.0. The van der Waals surface area contributed by atoms with E-state index < -0.39 is 0 Å². The van der Waals surface area contributed by atoms with Crippen molar-refractivity contribution in [2.24, 2.45) is 5.92 Å². The summed E-state index contributed by atoms with van der Waals surface area (Å²) in [6.07, 6.45) is 9.15. The van der Waals surface area contributed by atoms with Crippen LogP contribution in [-0.2, 0) is 9.59 Å². The molecule has 2 fully saturated rings. The summed E-state index contributed by atoms with van der Waals surface area (Å²) in [4.78, 5) is 27.4. The van der Waals surface area contributed by atoms with Crippen LogP contribution in [0.3, 0.4) is 0 Å². The molecular weight excluding hydrogens is 380 g/mol. The molecule has 0 unspecified atom stereocenters. The number of hydrogen-bond donors (Lipinski definition) is 1. The Kier molecular flexibility index (Phi) is 6.60. The van der Waals surface area contributed by atoms with Crippen LogP contribution in [0.4, 0.5) is 0 Å². The van der Waals surface area contributed by atoms with Crippen molar-refractivity contribution in [3.8, 4) is 11.5 Å². The van der Waals surface area contributed by atoms with Crippen LogP contribution in [0, 0.1) is 5.92 Å². The summed E-state index contributed by atoms with van der Waals surface area (Å²) >= 11 is 0. The predicted octanol–water partition coefficient (Wildman–Crippen LogP) is 3.55. The third kappa shape index (κ3) is 4.63. The molecular formula is C24H32N2O4. The molecule has 2 heterocycles. The second-order valence-corrected chi connectivity index (χ2v) is 8.48. The van der Waals surface area contributed by atoms with Gasteiger partial charge in [0.05, 0.1) is 12.2 Å². The Morgan fingerprint density at radius 1 is 1.13 bits per heavy atom. The fourth-order valence-electron chi connectivity index (χ4n) is 4.69. The van der Waals surface area contributed by atoms with Crippen molar-refractivity contribution < 1.29 is 19.1 Å². The minimum Gasteiger partial charge on any atom is -0.490 e. The zero-order valence-corrected chi connectivity index (χ0v) is 17.8. The van der Waals surface area contributed by atoms with E-state index in [0.29, 0.717) is 36.8 Å². The maximum absolute atomic E-state index is 13.0. The lowest BCUT2D eigenvalue weighted by Gasteiger charge is -2.34. The first-order chi connectivity index (χ1) is 14.7. The predicted molar refractivity (Wildman–Crippen MR) is 115 cm³/mol. The van der Waals surface area contributed by atoms with Gasteiger partial charge >= 0.3 is 0 Å². The van der Waals surface area contributed by atoms with E-state index in [-0.39, 0.29) is 30.4 Å². The van der Waals surface area contributed by atoms with Crippen LogP contribution in [0.5, 0.6) is 11.5 Å². The van der Waals surface area contributed by atoms with Gasteiger partial charge in [-0.3, -0.25) is 9.59 Å². The van der Waals surface area contributed by atoms with Gasteiger partial charge in [0, 0.05) is 30.6 Å². The molecule has 0 radical (unpaired) electrons. The number of amides is 2. The molecule has 1 aromatic rings. The lowest BCUT2D eigenvalue weighted by atomic mass is 9.88. The van der Waals surface area contributed by atoms with Crippen LogP contribution < -0.4 is 14.8 Å². The van der Waals surface area contributed by atoms with Crippen LogP contribution in [-0.4, -0.2) is 49.1 Å². The van der Waals surface area contributed by atoms with Gasteiger partial charge in [0.2, 0.25) is 5.91 Å². The van der Waals surface area contributed by atoms with Crippen molar-refractivity contribution in [3.63, 3.8) is 0 Å². The van der Waals surface area contributed by atoms with Crippen molar-refractivity contribution in [1.29, 1.82) is 0 Å². The Labute approximate surface area is 178 Å². The molecule has 2 amide bonds. The molecule has 30 heavy (non-hydrogen) atoms. The molecule has 6 heteroatoms. The number of para-hydroxylation sites is 1. The number of carbonyl (C=O) groups excluding carboxylic acids is 2. The topological polar surface area (TPSA) is 67.9 Å². The number of rotatable bonds is 5. The average Bonchev–Trinajstić information content (AvgIpc) is 2.80. The third-order valence-electron chi connectivity index (χ3n) is 6.39. The number of ether oxygens (including phenoxy) is 2. The van der Waals surface area contributed by atoms with Gasteiger partial charge in [-0.15, -0.1) is 0 Å². The van der Waals surface area contributed by atoms with Gasteiger partial charge in [0.25, 0.3) is 5.91 Å². The van der Waals surface area contributed by atoms with Gasteiger partial charge in [0.15, 0.2) is 11.5 Å². The second-order valence-electron chi connectivity index (χ2n) is 8.48. The number of benzene rings is 1. The van der Waals surface area contributed by atoms with Crippen LogP contribution in [0.15, 0.2) is 23.8 Å². The zero-order valence-electron chi connectivity index (χ0n) is 17.8. The molecule has 2 aliphatic heterocycles. The first-order valence-electron chi connectivity index (χ1n) is 11.3.